The molecule has 0 N–H and O–H groups in total. The van der Waals surface area contributed by atoms with Gasteiger partial charge in [0.2, 0.25) is 0 Å². The van der Waals surface area contributed by atoms with E-state index in [1.54, 1.807) is 25.1 Å². The highest BCUT2D eigenvalue weighted by atomic mass is 32.2. The minimum Gasteiger partial charge on any atom is -0.229 e. The summed E-state index contributed by atoms with van der Waals surface area (Å²) in [5, 5.41) is -0.810. The molecule has 1 aliphatic heterocycles. The average Bonchev–Trinajstić information content (AvgIpc) is 2.54. The van der Waals surface area contributed by atoms with Crippen LogP contribution in [0.1, 0.15) is 6.92 Å². The van der Waals surface area contributed by atoms with Crippen molar-refractivity contribution < 1.29 is 16.8 Å². The predicted octanol–water partition coefficient (Wildman–Crippen LogP) is 0.893. The Kier molecular flexibility index (Phi) is 3.03. The quantitative estimate of drug-likeness (QED) is 0.803. The Labute approximate surface area is 102 Å². The van der Waals surface area contributed by atoms with E-state index in [0.717, 1.165) is 0 Å². The number of sulfone groups is 2. The van der Waals surface area contributed by atoms with Crippen molar-refractivity contribution in [3.63, 3.8) is 0 Å². The summed E-state index contributed by atoms with van der Waals surface area (Å²) in [6.07, 6.45) is 0. The molecular weight excluding hydrogens is 260 g/mol. The van der Waals surface area contributed by atoms with Gasteiger partial charge < -0.3 is 0 Å². The van der Waals surface area contributed by atoms with Gasteiger partial charge >= 0.3 is 0 Å². The van der Waals surface area contributed by atoms with E-state index in [1.807, 2.05) is 0 Å². The average molecular weight is 274 g/mol. The van der Waals surface area contributed by atoms with Crippen molar-refractivity contribution >= 4 is 19.7 Å². The largest absolute Gasteiger partial charge is 0.229 e. The molecule has 2 rings (SSSR count). The molecule has 1 aromatic carbocycles. The maximum Gasteiger partial charge on any atom is 0.182 e. The van der Waals surface area contributed by atoms with Crippen molar-refractivity contribution in [2.45, 2.75) is 17.1 Å². The van der Waals surface area contributed by atoms with Crippen LogP contribution in [-0.2, 0) is 19.7 Å². The summed E-state index contributed by atoms with van der Waals surface area (Å²) < 4.78 is 47.5. The molecule has 0 bridgehead atoms. The van der Waals surface area contributed by atoms with E-state index in [9.17, 15) is 16.8 Å². The summed E-state index contributed by atoms with van der Waals surface area (Å²) >= 11 is 0. The fraction of sp³-hybridized carbons (Fsp3) is 0.455. The minimum atomic E-state index is -3.54. The van der Waals surface area contributed by atoms with E-state index >= 15 is 0 Å². The van der Waals surface area contributed by atoms with Crippen molar-refractivity contribution in [2.75, 3.05) is 11.5 Å². The highest BCUT2D eigenvalue weighted by molar-refractivity contribution is 7.96. The second kappa shape index (κ2) is 4.10. The van der Waals surface area contributed by atoms with Crippen LogP contribution >= 0.6 is 0 Å². The minimum absolute atomic E-state index is 0.0380. The maximum atomic E-state index is 12.3. The van der Waals surface area contributed by atoms with Crippen LogP contribution in [0, 0.1) is 5.92 Å². The van der Waals surface area contributed by atoms with Gasteiger partial charge in [-0.1, -0.05) is 25.1 Å². The SMILES string of the molecule is C[C@H]1CS(=O)(=O)C[C@H]1S(=O)(=O)c1ccccc1. The van der Waals surface area contributed by atoms with E-state index in [0.29, 0.717) is 0 Å². The van der Waals surface area contributed by atoms with Crippen LogP contribution in [-0.4, -0.2) is 33.6 Å². The molecule has 0 spiro atoms. The lowest BCUT2D eigenvalue weighted by Crippen LogP contribution is -2.27. The van der Waals surface area contributed by atoms with Gasteiger partial charge in [-0.15, -0.1) is 0 Å². The van der Waals surface area contributed by atoms with Crippen LogP contribution in [0.5, 0.6) is 0 Å². The fourth-order valence-electron chi connectivity index (χ4n) is 2.17. The molecule has 0 aromatic heterocycles. The lowest BCUT2D eigenvalue weighted by Gasteiger charge is -2.14. The Morgan fingerprint density at radius 3 is 2.18 bits per heavy atom. The third-order valence-electron chi connectivity index (χ3n) is 3.04. The highest BCUT2D eigenvalue weighted by Gasteiger charge is 2.43. The smallest absolute Gasteiger partial charge is 0.182 e. The summed E-state index contributed by atoms with van der Waals surface area (Å²) in [6.45, 7) is 1.68. The van der Waals surface area contributed by atoms with Gasteiger partial charge in [-0.05, 0) is 18.1 Å². The third kappa shape index (κ3) is 2.37. The maximum absolute atomic E-state index is 12.3. The van der Waals surface area contributed by atoms with Crippen LogP contribution in [0.15, 0.2) is 35.2 Å². The number of hydrogen-bond donors (Lipinski definition) is 0. The summed E-state index contributed by atoms with van der Waals surface area (Å²) in [4.78, 5) is 0.203. The third-order valence-corrected chi connectivity index (χ3v) is 7.51. The van der Waals surface area contributed by atoms with Crippen LogP contribution in [0.4, 0.5) is 0 Å². The van der Waals surface area contributed by atoms with Crippen LogP contribution in [0.25, 0.3) is 0 Å². The Bertz CT molecular complexity index is 602. The molecule has 0 amide bonds. The fourth-order valence-corrected chi connectivity index (χ4v) is 7.22. The molecule has 1 aromatic rings. The highest BCUT2D eigenvalue weighted by Crippen LogP contribution is 2.29. The molecule has 1 heterocycles. The Hall–Kier alpha value is -0.880. The van der Waals surface area contributed by atoms with Gasteiger partial charge in [0, 0.05) is 0 Å². The monoisotopic (exact) mass is 274 g/mol. The van der Waals surface area contributed by atoms with E-state index in [4.69, 9.17) is 0 Å². The van der Waals surface area contributed by atoms with E-state index in [1.165, 1.54) is 12.1 Å². The molecule has 0 unspecified atom stereocenters. The first-order chi connectivity index (χ1) is 7.83. The number of hydrogen-bond acceptors (Lipinski definition) is 4. The van der Waals surface area contributed by atoms with Crippen LogP contribution in [0.3, 0.4) is 0 Å². The molecular formula is C11H14O4S2. The van der Waals surface area contributed by atoms with Gasteiger partial charge in [-0.3, -0.25) is 0 Å². The first-order valence-corrected chi connectivity index (χ1v) is 8.69. The zero-order chi connectivity index (χ0) is 12.7. The van der Waals surface area contributed by atoms with Gasteiger partial charge in [0.15, 0.2) is 19.7 Å². The van der Waals surface area contributed by atoms with Crippen molar-refractivity contribution in [1.29, 1.82) is 0 Å². The molecule has 1 saturated heterocycles. The zero-order valence-corrected chi connectivity index (χ0v) is 11.0. The molecule has 94 valence electrons. The van der Waals surface area contributed by atoms with Crippen molar-refractivity contribution in [2.24, 2.45) is 5.92 Å². The topological polar surface area (TPSA) is 68.3 Å². The van der Waals surface area contributed by atoms with Gasteiger partial charge in [-0.2, -0.15) is 0 Å². The standard InChI is InChI=1S/C11H14O4S2/c1-9-7-16(12,13)8-11(9)17(14,15)10-5-3-2-4-6-10/h2-6,9,11H,7-8H2,1H3/t9-,11+/m0/s1. The molecule has 6 heteroatoms. The van der Waals surface area contributed by atoms with Gasteiger partial charge in [0.25, 0.3) is 0 Å². The second-order valence-corrected chi connectivity index (χ2v) is 8.77. The molecule has 1 fully saturated rings. The van der Waals surface area contributed by atoms with Crippen molar-refractivity contribution in [3.8, 4) is 0 Å². The Morgan fingerprint density at radius 2 is 1.71 bits per heavy atom. The van der Waals surface area contributed by atoms with Crippen LogP contribution < -0.4 is 0 Å². The summed E-state index contributed by atoms with van der Waals surface area (Å²) in [5.74, 6) is -0.639. The molecule has 0 saturated carbocycles. The van der Waals surface area contributed by atoms with E-state index in [2.05, 4.69) is 0 Å². The zero-order valence-electron chi connectivity index (χ0n) is 9.41. The lowest BCUT2D eigenvalue weighted by molar-refractivity contribution is 0.559. The Balaban J connectivity index is 2.42. The van der Waals surface area contributed by atoms with E-state index < -0.39 is 24.9 Å². The lowest BCUT2D eigenvalue weighted by atomic mass is 10.2. The number of benzene rings is 1. The molecule has 0 radical (unpaired) electrons. The van der Waals surface area contributed by atoms with Crippen LogP contribution in [0.2, 0.25) is 0 Å². The summed E-state index contributed by atoms with van der Waals surface area (Å²) in [5.41, 5.74) is 0. The first-order valence-electron chi connectivity index (χ1n) is 5.32. The van der Waals surface area contributed by atoms with E-state index in [-0.39, 0.29) is 22.3 Å². The predicted molar refractivity (Wildman–Crippen MR) is 65.2 cm³/mol. The Morgan fingerprint density at radius 1 is 1.12 bits per heavy atom. The van der Waals surface area contributed by atoms with Crippen molar-refractivity contribution in [1.82, 2.24) is 0 Å². The molecule has 0 aliphatic carbocycles. The second-order valence-electron chi connectivity index (χ2n) is 4.45. The molecule has 2 atom stereocenters. The van der Waals surface area contributed by atoms with Crippen molar-refractivity contribution in [3.05, 3.63) is 30.3 Å². The summed E-state index contributed by atoms with van der Waals surface area (Å²) in [6, 6.07) is 8.02. The normalized spacial score (nSPS) is 28.1. The van der Waals surface area contributed by atoms with Gasteiger partial charge in [0.1, 0.15) is 0 Å². The molecule has 17 heavy (non-hydrogen) atoms. The molecule has 4 nitrogen and oxygen atoms in total. The molecule has 1 aliphatic rings. The first kappa shape index (κ1) is 12.6. The summed E-state index contributed by atoms with van der Waals surface area (Å²) in [7, 11) is -6.75. The van der Waals surface area contributed by atoms with Gasteiger partial charge in [-0.25, -0.2) is 16.8 Å². The number of rotatable bonds is 2. The van der Waals surface area contributed by atoms with Gasteiger partial charge in [0.05, 0.1) is 21.7 Å².